The maximum Gasteiger partial charge on any atom is 0.362 e. The van der Waals surface area contributed by atoms with E-state index >= 15 is 0 Å². The highest BCUT2D eigenvalue weighted by atomic mass is 127. The first-order valence-electron chi connectivity index (χ1n) is 4.34. The lowest BCUT2D eigenvalue weighted by Gasteiger charge is -1.89. The van der Waals surface area contributed by atoms with Crippen molar-refractivity contribution in [1.82, 2.24) is 0 Å². The fourth-order valence-electron chi connectivity index (χ4n) is 1.13. The van der Waals surface area contributed by atoms with Gasteiger partial charge in [0, 0.05) is 0 Å². The van der Waals surface area contributed by atoms with Crippen LogP contribution in [0.4, 0.5) is 0 Å². The summed E-state index contributed by atoms with van der Waals surface area (Å²) in [5, 5.41) is 9.60. The average Bonchev–Trinajstić information content (AvgIpc) is 2.23. The van der Waals surface area contributed by atoms with Gasteiger partial charge in [-0.05, 0) is 24.3 Å². The van der Waals surface area contributed by atoms with Crippen molar-refractivity contribution < 1.29 is 26.3 Å². The molecule has 1 N–H and O–H groups in total. The molecule has 2 rings (SSSR count). The number of aromatic hydroxyl groups is 1. The summed E-state index contributed by atoms with van der Waals surface area (Å²) in [5.74, 6) is 0.421. The summed E-state index contributed by atoms with van der Waals surface area (Å²) in [5.41, 5.74) is 0. The monoisotopic (exact) mass is 297 g/mol. The molecule has 2 aromatic rings. The van der Waals surface area contributed by atoms with E-state index in [1.807, 2.05) is 36.4 Å². The van der Waals surface area contributed by atoms with Gasteiger partial charge in [-0.2, -0.15) is 0 Å². The summed E-state index contributed by atoms with van der Waals surface area (Å²) in [4.78, 5) is 0. The van der Waals surface area contributed by atoms with Gasteiger partial charge in [0.15, 0.2) is 9.32 Å². The van der Waals surface area contributed by atoms with Gasteiger partial charge >= 0.3 is 21.2 Å². The largest absolute Gasteiger partial charge is 0.504 e. The van der Waals surface area contributed by atoms with Crippen LogP contribution in [0.5, 0.6) is 5.75 Å². The van der Waals surface area contributed by atoms with Crippen LogP contribution in [0, 0.1) is 7.14 Å². The highest BCUT2D eigenvalue weighted by Gasteiger charge is 2.18. The van der Waals surface area contributed by atoms with Crippen molar-refractivity contribution in [3.05, 3.63) is 61.7 Å². The van der Waals surface area contributed by atoms with Crippen molar-refractivity contribution in [2.45, 2.75) is 0 Å². The van der Waals surface area contributed by atoms with Gasteiger partial charge < -0.3 is 5.11 Å². The van der Waals surface area contributed by atoms with Crippen molar-refractivity contribution >= 4 is 0 Å². The van der Waals surface area contributed by atoms with E-state index in [0.29, 0.717) is 5.75 Å². The van der Waals surface area contributed by atoms with Gasteiger partial charge in [0.1, 0.15) is 0 Å². The topological polar surface area (TPSA) is 20.2 Å². The first kappa shape index (κ1) is 9.52. The summed E-state index contributed by atoms with van der Waals surface area (Å²) >= 11 is -0.243. The Balaban J connectivity index is 2.24. The van der Waals surface area contributed by atoms with Crippen LogP contribution in [-0.4, -0.2) is 5.11 Å². The summed E-state index contributed by atoms with van der Waals surface area (Å²) in [6.07, 6.45) is 0. The second kappa shape index (κ2) is 4.46. The van der Waals surface area contributed by atoms with E-state index in [1.165, 1.54) is 3.57 Å². The second-order valence-electron chi connectivity index (χ2n) is 2.84. The molecule has 0 unspecified atom stereocenters. The molecule has 0 saturated carbocycles. The summed E-state index contributed by atoms with van der Waals surface area (Å²) < 4.78 is 2.41. The number of hydrogen-bond acceptors (Lipinski definition) is 1. The summed E-state index contributed by atoms with van der Waals surface area (Å²) in [6.45, 7) is 0. The van der Waals surface area contributed by atoms with Crippen LogP contribution < -0.4 is 21.2 Å². The number of phenols is 1. The van der Waals surface area contributed by atoms with Crippen LogP contribution in [0.2, 0.25) is 0 Å². The van der Waals surface area contributed by atoms with E-state index in [0.717, 1.165) is 3.57 Å². The molecule has 1 nitrogen and oxygen atoms in total. The zero-order valence-electron chi connectivity index (χ0n) is 7.52. The molecule has 70 valence electrons. The first-order valence-corrected chi connectivity index (χ1v) is 6.50. The average molecular weight is 297 g/mol. The van der Waals surface area contributed by atoms with Crippen LogP contribution in [0.15, 0.2) is 54.6 Å². The predicted octanol–water partition coefficient (Wildman–Crippen LogP) is -0.479. The third kappa shape index (κ3) is 2.26. The minimum atomic E-state index is -0.243. The fourth-order valence-corrected chi connectivity index (χ4v) is 3.42. The van der Waals surface area contributed by atoms with E-state index in [9.17, 15) is 5.11 Å². The fraction of sp³-hybridized carbons (Fsp3) is 0. The lowest BCUT2D eigenvalue weighted by atomic mass is 10.3. The quantitative estimate of drug-likeness (QED) is 0.743. The van der Waals surface area contributed by atoms with Crippen LogP contribution in [0.25, 0.3) is 0 Å². The minimum absolute atomic E-state index is 0.243. The van der Waals surface area contributed by atoms with Gasteiger partial charge in [0.2, 0.25) is 3.57 Å². The molecule has 0 aromatic heterocycles. The number of phenolic OH excluding ortho intramolecular Hbond substituents is 1. The molecule has 0 aliphatic heterocycles. The highest BCUT2D eigenvalue weighted by molar-refractivity contribution is 5.18. The van der Waals surface area contributed by atoms with Crippen molar-refractivity contribution in [3.8, 4) is 5.75 Å². The first-order chi connectivity index (χ1) is 6.86. The maximum atomic E-state index is 9.60. The molecule has 0 spiro atoms. The number of halogens is 1. The molecule has 0 amide bonds. The molecular weight excluding hydrogens is 287 g/mol. The molecule has 0 bridgehead atoms. The Morgan fingerprint density at radius 2 is 1.43 bits per heavy atom. The maximum absolute atomic E-state index is 9.60. The molecule has 14 heavy (non-hydrogen) atoms. The van der Waals surface area contributed by atoms with Crippen LogP contribution in [-0.2, 0) is 0 Å². The van der Waals surface area contributed by atoms with Crippen molar-refractivity contribution in [3.63, 3.8) is 0 Å². The number of rotatable bonds is 2. The molecule has 0 aliphatic rings. The highest BCUT2D eigenvalue weighted by Crippen LogP contribution is 2.04. The lowest BCUT2D eigenvalue weighted by molar-refractivity contribution is -0.598. The van der Waals surface area contributed by atoms with Gasteiger partial charge in [-0.1, -0.05) is 30.3 Å². The molecule has 0 fully saturated rings. The SMILES string of the molecule is Oc1ccccc1[I+]c1ccccc1. The van der Waals surface area contributed by atoms with Gasteiger partial charge in [-0.25, -0.2) is 0 Å². The lowest BCUT2D eigenvalue weighted by Crippen LogP contribution is -3.61. The molecule has 2 heteroatoms. The smallest absolute Gasteiger partial charge is 0.362 e. The Morgan fingerprint density at radius 3 is 2.14 bits per heavy atom. The van der Waals surface area contributed by atoms with Crippen molar-refractivity contribution in [2.24, 2.45) is 0 Å². The van der Waals surface area contributed by atoms with E-state index in [1.54, 1.807) is 6.07 Å². The number of hydrogen-bond donors (Lipinski definition) is 1. The minimum Gasteiger partial charge on any atom is -0.504 e. The molecule has 0 atom stereocenters. The van der Waals surface area contributed by atoms with E-state index in [-0.39, 0.29) is 21.2 Å². The Bertz CT molecular complexity index is 412. The molecule has 0 aliphatic carbocycles. The Labute approximate surface area is 93.7 Å². The molecule has 0 saturated heterocycles. The van der Waals surface area contributed by atoms with Gasteiger partial charge in [-0.3, -0.25) is 0 Å². The van der Waals surface area contributed by atoms with E-state index < -0.39 is 0 Å². The summed E-state index contributed by atoms with van der Waals surface area (Å²) in [7, 11) is 0. The van der Waals surface area contributed by atoms with E-state index in [2.05, 4.69) is 12.1 Å². The van der Waals surface area contributed by atoms with Crippen molar-refractivity contribution in [1.29, 1.82) is 0 Å². The number of para-hydroxylation sites is 1. The van der Waals surface area contributed by atoms with Crippen LogP contribution in [0.1, 0.15) is 0 Å². The third-order valence-corrected chi connectivity index (χ3v) is 4.63. The Morgan fingerprint density at radius 1 is 0.786 bits per heavy atom. The number of benzene rings is 2. The standard InChI is InChI=1S/C12H9IO/c14-12-9-5-4-8-11(12)13-10-6-2-1-3-7-10/h1-9H/p+1. The molecular formula is C12H10IO+. The van der Waals surface area contributed by atoms with E-state index in [4.69, 9.17) is 0 Å². The van der Waals surface area contributed by atoms with Crippen molar-refractivity contribution in [2.75, 3.05) is 0 Å². The second-order valence-corrected chi connectivity index (χ2v) is 5.79. The predicted molar refractivity (Wildman–Crippen MR) is 51.9 cm³/mol. The normalized spacial score (nSPS) is 10.0. The molecule has 0 heterocycles. The summed E-state index contributed by atoms with van der Waals surface area (Å²) in [6, 6.07) is 17.9. The molecule has 2 aromatic carbocycles. The molecule has 0 radical (unpaired) electrons. The van der Waals surface area contributed by atoms with Gasteiger partial charge in [0.25, 0.3) is 0 Å². The Hall–Kier alpha value is -1.03. The van der Waals surface area contributed by atoms with Gasteiger partial charge in [0.05, 0.1) is 0 Å². The third-order valence-electron chi connectivity index (χ3n) is 1.80. The zero-order valence-corrected chi connectivity index (χ0v) is 9.68. The van der Waals surface area contributed by atoms with Crippen LogP contribution >= 0.6 is 0 Å². The zero-order chi connectivity index (χ0) is 9.80. The van der Waals surface area contributed by atoms with Gasteiger partial charge in [-0.15, -0.1) is 0 Å². The Kier molecular flexibility index (Phi) is 3.03. The van der Waals surface area contributed by atoms with Crippen LogP contribution in [0.3, 0.4) is 0 Å².